The van der Waals surface area contributed by atoms with Crippen molar-refractivity contribution in [3.8, 4) is 0 Å². The van der Waals surface area contributed by atoms with Crippen molar-refractivity contribution in [1.82, 2.24) is 4.98 Å². The molecule has 0 fully saturated rings. The average molecular weight is 407 g/mol. The van der Waals surface area contributed by atoms with E-state index in [0.717, 1.165) is 0 Å². The van der Waals surface area contributed by atoms with Gasteiger partial charge in [0.1, 0.15) is 0 Å². The molecule has 0 spiro atoms. The largest absolute Gasteiger partial charge is 0.436 e. The minimum Gasteiger partial charge on any atom is -0.388 e. The second-order valence-electron chi connectivity index (χ2n) is 4.10. The molecule has 1 aromatic rings. The van der Waals surface area contributed by atoms with Crippen LogP contribution in [0.1, 0.15) is 23.8 Å². The molecule has 0 saturated carbocycles. The Morgan fingerprint density at radius 1 is 0.913 bits per heavy atom. The molecule has 1 radical (unpaired) electrons. The van der Waals surface area contributed by atoms with Crippen LogP contribution in [-0.2, 0) is 23.2 Å². The second kappa shape index (κ2) is 7.24. The Hall–Kier alpha value is -1.04. The molecule has 0 saturated heterocycles. The smallest absolute Gasteiger partial charge is 0.388 e. The molecule has 0 amide bonds. The number of halogens is 9. The molecule has 1 heterocycles. The van der Waals surface area contributed by atoms with E-state index in [9.17, 15) is 44.6 Å². The minimum atomic E-state index is -5.57. The number of hydrogen-bond acceptors (Lipinski definition) is 3. The summed E-state index contributed by atoms with van der Waals surface area (Å²) >= 11 is 0. The fraction of sp³-hybridized carbons (Fsp3) is 0.500. The maximum atomic E-state index is 13.5. The Balaban J connectivity index is 0.00000484. The van der Waals surface area contributed by atoms with E-state index >= 15 is 0 Å². The predicted molar refractivity (Wildman–Crippen MR) is 50.8 cm³/mol. The minimum absolute atomic E-state index is 0. The van der Waals surface area contributed by atoms with E-state index in [2.05, 4.69) is 0 Å². The number of alkyl halides is 6. The standard InChI is InChI=1S/C10H6F9NO2.Cu/c11-5-4(2(21)1-3(22)9(14,15)16)6(12)8(13)20-7(5)10(17,18)19;/h2-3,21-22H,1H2;. The van der Waals surface area contributed by atoms with Crippen molar-refractivity contribution in [2.75, 3.05) is 0 Å². The molecule has 2 atom stereocenters. The topological polar surface area (TPSA) is 53.4 Å². The molecule has 0 aliphatic heterocycles. The molecule has 0 aliphatic carbocycles. The number of pyridine rings is 1. The average Bonchev–Trinajstić information content (AvgIpc) is 2.31. The van der Waals surface area contributed by atoms with Gasteiger partial charge in [0.25, 0.3) is 0 Å². The van der Waals surface area contributed by atoms with Gasteiger partial charge in [0.2, 0.25) is 5.95 Å². The van der Waals surface area contributed by atoms with Crippen LogP contribution in [0, 0.1) is 17.6 Å². The van der Waals surface area contributed by atoms with Gasteiger partial charge in [-0.2, -0.15) is 30.7 Å². The van der Waals surface area contributed by atoms with Crippen LogP contribution < -0.4 is 0 Å². The van der Waals surface area contributed by atoms with E-state index < -0.39 is 59.8 Å². The number of rotatable bonds is 3. The molecule has 23 heavy (non-hydrogen) atoms. The SMILES string of the molecule is OC(CC(O)C(F)(F)F)c1c(F)c(F)nc(C(F)(F)F)c1F.[Cu]. The summed E-state index contributed by atoms with van der Waals surface area (Å²) in [5.41, 5.74) is -4.54. The van der Waals surface area contributed by atoms with Crippen molar-refractivity contribution in [3.63, 3.8) is 0 Å². The second-order valence-corrected chi connectivity index (χ2v) is 4.10. The Kier molecular flexibility index (Phi) is 6.91. The first kappa shape index (κ1) is 22.0. The summed E-state index contributed by atoms with van der Waals surface area (Å²) in [6, 6.07) is 0. The van der Waals surface area contributed by atoms with Crippen molar-refractivity contribution in [1.29, 1.82) is 0 Å². The van der Waals surface area contributed by atoms with Crippen LogP contribution in [0.2, 0.25) is 0 Å². The van der Waals surface area contributed by atoms with Gasteiger partial charge < -0.3 is 10.2 Å². The predicted octanol–water partition coefficient (Wildman–Crippen LogP) is 2.86. The molecule has 137 valence electrons. The normalized spacial score (nSPS) is 15.1. The van der Waals surface area contributed by atoms with E-state index in [1.54, 1.807) is 0 Å². The zero-order valence-electron chi connectivity index (χ0n) is 10.4. The Morgan fingerprint density at radius 2 is 1.39 bits per heavy atom. The molecule has 3 nitrogen and oxygen atoms in total. The number of aliphatic hydroxyl groups excluding tert-OH is 2. The number of nitrogens with zero attached hydrogens (tertiary/aromatic N) is 1. The van der Waals surface area contributed by atoms with E-state index in [-0.39, 0.29) is 17.1 Å². The zero-order chi connectivity index (χ0) is 17.5. The summed E-state index contributed by atoms with van der Waals surface area (Å²) in [6.07, 6.45) is -18.8. The van der Waals surface area contributed by atoms with Crippen LogP contribution in [0.4, 0.5) is 39.5 Å². The molecular weight excluding hydrogens is 401 g/mol. The van der Waals surface area contributed by atoms with Crippen molar-refractivity contribution in [2.24, 2.45) is 0 Å². The van der Waals surface area contributed by atoms with E-state index in [1.807, 2.05) is 4.98 Å². The van der Waals surface area contributed by atoms with Gasteiger partial charge in [0, 0.05) is 23.5 Å². The molecule has 1 rings (SSSR count). The molecule has 2 unspecified atom stereocenters. The maximum absolute atomic E-state index is 13.5. The van der Waals surface area contributed by atoms with Gasteiger partial charge in [0.15, 0.2) is 23.4 Å². The quantitative estimate of drug-likeness (QED) is 0.461. The first-order valence-electron chi connectivity index (χ1n) is 5.31. The van der Waals surface area contributed by atoms with Crippen LogP contribution in [-0.4, -0.2) is 27.5 Å². The summed E-state index contributed by atoms with van der Waals surface area (Å²) in [4.78, 5) is 1.98. The van der Waals surface area contributed by atoms with Gasteiger partial charge in [-0.1, -0.05) is 0 Å². The summed E-state index contributed by atoms with van der Waals surface area (Å²) < 4.78 is 113. The Morgan fingerprint density at radius 3 is 1.78 bits per heavy atom. The fourth-order valence-electron chi connectivity index (χ4n) is 1.47. The summed E-state index contributed by atoms with van der Waals surface area (Å²) in [7, 11) is 0. The first-order chi connectivity index (χ1) is 9.76. The van der Waals surface area contributed by atoms with Crippen molar-refractivity contribution >= 4 is 0 Å². The maximum Gasteiger partial charge on any atom is 0.436 e. The molecule has 13 heteroatoms. The van der Waals surface area contributed by atoms with Crippen molar-refractivity contribution < 1.29 is 66.8 Å². The van der Waals surface area contributed by atoms with Gasteiger partial charge in [-0.25, -0.2) is 13.8 Å². The molecule has 2 N–H and O–H groups in total. The third-order valence-electron chi connectivity index (χ3n) is 2.50. The Bertz CT molecular complexity index is 561. The molecule has 0 aromatic carbocycles. The van der Waals surface area contributed by atoms with Crippen LogP contribution in [0.3, 0.4) is 0 Å². The van der Waals surface area contributed by atoms with Gasteiger partial charge in [-0.05, 0) is 0 Å². The van der Waals surface area contributed by atoms with Crippen molar-refractivity contribution in [2.45, 2.75) is 31.0 Å². The number of aliphatic hydroxyl groups is 2. The molecule has 0 aliphatic rings. The summed E-state index contributed by atoms with van der Waals surface area (Å²) in [5.74, 6) is -7.40. The third kappa shape index (κ3) is 4.96. The molecule has 0 bridgehead atoms. The molecule has 1 aromatic heterocycles. The third-order valence-corrected chi connectivity index (χ3v) is 2.50. The zero-order valence-corrected chi connectivity index (χ0v) is 11.3. The van der Waals surface area contributed by atoms with Crippen LogP contribution in [0.5, 0.6) is 0 Å². The number of hydrogen-bond donors (Lipinski definition) is 2. The molecular formula is C10H6CuF9NO2. The van der Waals surface area contributed by atoms with Crippen LogP contribution >= 0.6 is 0 Å². The summed E-state index contributed by atoms with van der Waals surface area (Å²) in [6.45, 7) is 0. The number of aromatic nitrogens is 1. The van der Waals surface area contributed by atoms with Gasteiger partial charge in [0.05, 0.1) is 11.7 Å². The van der Waals surface area contributed by atoms with Crippen LogP contribution in [0.15, 0.2) is 0 Å². The summed E-state index contributed by atoms with van der Waals surface area (Å²) in [5, 5.41) is 17.9. The van der Waals surface area contributed by atoms with E-state index in [1.165, 1.54) is 0 Å². The monoisotopic (exact) mass is 406 g/mol. The van der Waals surface area contributed by atoms with Gasteiger partial charge >= 0.3 is 12.4 Å². The Labute approximate surface area is 132 Å². The van der Waals surface area contributed by atoms with Gasteiger partial charge in [-0.3, -0.25) is 0 Å². The fourth-order valence-corrected chi connectivity index (χ4v) is 1.47. The van der Waals surface area contributed by atoms with Gasteiger partial charge in [-0.15, -0.1) is 0 Å². The van der Waals surface area contributed by atoms with Crippen LogP contribution in [0.25, 0.3) is 0 Å². The van der Waals surface area contributed by atoms with E-state index in [4.69, 9.17) is 5.11 Å². The van der Waals surface area contributed by atoms with Crippen molar-refractivity contribution in [3.05, 3.63) is 28.8 Å². The first-order valence-corrected chi connectivity index (χ1v) is 5.31. The van der Waals surface area contributed by atoms with E-state index in [0.29, 0.717) is 0 Å².